The van der Waals surface area contributed by atoms with E-state index < -0.39 is 32.5 Å². The third kappa shape index (κ3) is 12.0. The molecule has 0 aromatic heterocycles. The minimum atomic E-state index is -2.86. The Labute approximate surface area is 286 Å². The summed E-state index contributed by atoms with van der Waals surface area (Å²) in [6.07, 6.45) is 13.7. The number of esters is 1. The third-order valence-electron chi connectivity index (χ3n) is 9.32. The lowest BCUT2D eigenvalue weighted by molar-refractivity contribution is -0.0376. The Morgan fingerprint density at radius 2 is 1.13 bits per heavy atom. The van der Waals surface area contributed by atoms with Gasteiger partial charge >= 0.3 is 5.97 Å². The van der Waals surface area contributed by atoms with E-state index in [0.29, 0.717) is 12.0 Å². The molecule has 3 aromatic carbocycles. The third-order valence-corrected chi connectivity index (χ3v) is 14.3. The number of unbranched alkanes of at least 4 members (excludes halogenated alkanes) is 11. The molecule has 3 aromatic rings. The average molecular weight is 660 g/mol. The van der Waals surface area contributed by atoms with Crippen LogP contribution in [0.3, 0.4) is 0 Å². The predicted octanol–water partition coefficient (Wildman–Crippen LogP) is 8.57. The van der Waals surface area contributed by atoms with E-state index in [1.54, 1.807) is 24.3 Å². The van der Waals surface area contributed by atoms with Crippen molar-refractivity contribution in [1.82, 2.24) is 0 Å². The van der Waals surface area contributed by atoms with Gasteiger partial charge in [0.15, 0.2) is 0 Å². The van der Waals surface area contributed by atoms with E-state index in [-0.39, 0.29) is 11.6 Å². The molecule has 0 radical (unpaired) electrons. The molecule has 0 saturated carbocycles. The van der Waals surface area contributed by atoms with E-state index in [0.717, 1.165) is 29.6 Å². The summed E-state index contributed by atoms with van der Waals surface area (Å²) in [5.41, 5.74) is 7.29. The summed E-state index contributed by atoms with van der Waals surface area (Å²) in [5.74, 6) is -0.481. The topological polar surface area (TPSA) is 81.8 Å². The van der Waals surface area contributed by atoms with Crippen LogP contribution in [-0.2, 0) is 9.16 Å². The molecule has 3 N–H and O–H groups in total. The Bertz CT molecular complexity index is 1210. The first kappa shape index (κ1) is 38.7. The summed E-state index contributed by atoms with van der Waals surface area (Å²) >= 11 is 0. The van der Waals surface area contributed by atoms with Crippen molar-refractivity contribution >= 4 is 24.7 Å². The number of hydrogen-bond acceptors (Lipinski definition) is 5. The molecule has 6 heteroatoms. The number of carbonyl (C=O) groups excluding carboxylic acids is 1. The predicted molar refractivity (Wildman–Crippen MR) is 199 cm³/mol. The summed E-state index contributed by atoms with van der Waals surface area (Å²) in [6.45, 7) is 9.08. The highest BCUT2D eigenvalue weighted by Gasteiger charge is 2.50. The van der Waals surface area contributed by atoms with Gasteiger partial charge in [-0.3, -0.25) is 0 Å². The summed E-state index contributed by atoms with van der Waals surface area (Å²) in [6, 6.07) is 29.0. The van der Waals surface area contributed by atoms with Crippen molar-refractivity contribution in [2.24, 2.45) is 5.73 Å². The van der Waals surface area contributed by atoms with Crippen molar-refractivity contribution in [3.63, 3.8) is 0 Å². The standard InChI is InChI=1S/C41H61NO4Si/c1-5-6-7-8-9-10-11-12-13-14-15-25-32-38(43)39(46-40(44)34-26-19-16-20-27-34)37(42)33-45-47(41(2,3)4,35-28-21-17-22-29-35)36-30-23-18-24-31-36/h16-24,26-31,37-39,43H,5-15,25,32-33,42H2,1-4H3/t37-,38+,39-/m0/s1. The largest absolute Gasteiger partial charge is 0.454 e. The molecule has 5 nitrogen and oxygen atoms in total. The van der Waals surface area contributed by atoms with Crippen LogP contribution in [0.1, 0.15) is 122 Å². The molecule has 0 amide bonds. The van der Waals surface area contributed by atoms with Crippen LogP contribution in [0, 0.1) is 0 Å². The van der Waals surface area contributed by atoms with Crippen molar-refractivity contribution in [2.75, 3.05) is 6.61 Å². The lowest BCUT2D eigenvalue weighted by atomic mass is 9.99. The van der Waals surface area contributed by atoms with Crippen LogP contribution in [0.15, 0.2) is 91.0 Å². The molecule has 0 heterocycles. The molecule has 0 aliphatic rings. The first-order valence-corrected chi connectivity index (χ1v) is 20.1. The van der Waals surface area contributed by atoms with E-state index in [1.807, 2.05) is 18.2 Å². The highest BCUT2D eigenvalue weighted by Crippen LogP contribution is 2.37. The SMILES string of the molecule is CCCCCCCCCCCCCC[C@@H](O)[C@@H](OC(=O)c1ccccc1)[C@@H](N)CO[Si](c1ccccc1)(c1ccccc1)C(C)(C)C. The fourth-order valence-electron chi connectivity index (χ4n) is 6.65. The van der Waals surface area contributed by atoms with Gasteiger partial charge in [0, 0.05) is 0 Å². The van der Waals surface area contributed by atoms with Gasteiger partial charge in [-0.15, -0.1) is 0 Å². The monoisotopic (exact) mass is 659 g/mol. The minimum absolute atomic E-state index is 0.148. The maximum absolute atomic E-state index is 13.2. The second-order valence-electron chi connectivity index (χ2n) is 14.1. The van der Waals surface area contributed by atoms with Crippen LogP contribution in [0.2, 0.25) is 5.04 Å². The molecule has 258 valence electrons. The molecule has 0 unspecified atom stereocenters. The highest BCUT2D eigenvalue weighted by atomic mass is 28.4. The van der Waals surface area contributed by atoms with Crippen LogP contribution < -0.4 is 16.1 Å². The Balaban J connectivity index is 1.67. The normalized spacial score (nSPS) is 14.0. The number of ether oxygens (including phenoxy) is 1. The van der Waals surface area contributed by atoms with Crippen LogP contribution in [-0.4, -0.2) is 44.2 Å². The van der Waals surface area contributed by atoms with E-state index >= 15 is 0 Å². The number of aliphatic hydroxyl groups is 1. The van der Waals surface area contributed by atoms with Gasteiger partial charge in [-0.05, 0) is 34.0 Å². The lowest BCUT2D eigenvalue weighted by Gasteiger charge is -2.44. The van der Waals surface area contributed by atoms with Crippen molar-refractivity contribution in [2.45, 2.75) is 134 Å². The first-order chi connectivity index (χ1) is 22.7. The second kappa shape index (κ2) is 20.6. The Morgan fingerprint density at radius 1 is 0.702 bits per heavy atom. The number of carbonyl (C=O) groups is 1. The van der Waals surface area contributed by atoms with E-state index in [9.17, 15) is 9.90 Å². The van der Waals surface area contributed by atoms with Gasteiger partial charge < -0.3 is 20.0 Å². The van der Waals surface area contributed by atoms with Crippen LogP contribution in [0.4, 0.5) is 0 Å². The number of nitrogens with two attached hydrogens (primary N) is 1. The number of hydrogen-bond donors (Lipinski definition) is 2. The summed E-state index contributed by atoms with van der Waals surface area (Å²) < 4.78 is 13.1. The molecule has 47 heavy (non-hydrogen) atoms. The van der Waals surface area contributed by atoms with Gasteiger partial charge in [0.25, 0.3) is 8.32 Å². The summed E-state index contributed by atoms with van der Waals surface area (Å²) in [5, 5.41) is 13.5. The second-order valence-corrected chi connectivity index (χ2v) is 18.4. The molecular weight excluding hydrogens is 599 g/mol. The maximum atomic E-state index is 13.2. The molecule has 0 spiro atoms. The summed E-state index contributed by atoms with van der Waals surface area (Å²) in [4.78, 5) is 13.2. The Kier molecular flexibility index (Phi) is 16.9. The van der Waals surface area contributed by atoms with Gasteiger partial charge in [0.2, 0.25) is 0 Å². The van der Waals surface area contributed by atoms with Gasteiger partial charge in [0.05, 0.1) is 24.3 Å². The average Bonchev–Trinajstić information content (AvgIpc) is 3.08. The van der Waals surface area contributed by atoms with Gasteiger partial charge in [0.1, 0.15) is 6.10 Å². The van der Waals surface area contributed by atoms with E-state index in [1.165, 1.54) is 57.8 Å². The van der Waals surface area contributed by atoms with Crippen LogP contribution in [0.5, 0.6) is 0 Å². The number of benzene rings is 3. The fraction of sp³-hybridized carbons (Fsp3) is 0.537. The number of aliphatic hydroxyl groups excluding tert-OH is 1. The van der Waals surface area contributed by atoms with Gasteiger partial charge in [-0.2, -0.15) is 0 Å². The Hall–Kier alpha value is -2.77. The quantitative estimate of drug-likeness (QED) is 0.0642. The molecule has 0 bridgehead atoms. The highest BCUT2D eigenvalue weighted by molar-refractivity contribution is 6.99. The van der Waals surface area contributed by atoms with Crippen molar-refractivity contribution in [1.29, 1.82) is 0 Å². The van der Waals surface area contributed by atoms with Crippen LogP contribution >= 0.6 is 0 Å². The minimum Gasteiger partial charge on any atom is -0.454 e. The molecule has 3 atom stereocenters. The van der Waals surface area contributed by atoms with Crippen LogP contribution in [0.25, 0.3) is 0 Å². The smallest absolute Gasteiger partial charge is 0.338 e. The number of rotatable bonds is 22. The molecule has 3 rings (SSSR count). The zero-order valence-electron chi connectivity index (χ0n) is 29.5. The molecule has 0 aliphatic carbocycles. The van der Waals surface area contributed by atoms with Crippen molar-refractivity contribution < 1.29 is 19.1 Å². The Morgan fingerprint density at radius 3 is 1.57 bits per heavy atom. The molecule has 0 saturated heterocycles. The van der Waals surface area contributed by atoms with Gasteiger partial charge in [-0.25, -0.2) is 4.79 Å². The zero-order valence-corrected chi connectivity index (χ0v) is 30.5. The summed E-state index contributed by atoms with van der Waals surface area (Å²) in [7, 11) is -2.86. The van der Waals surface area contributed by atoms with E-state index in [4.69, 9.17) is 14.9 Å². The lowest BCUT2D eigenvalue weighted by Crippen LogP contribution is -2.67. The fourth-order valence-corrected chi connectivity index (χ4v) is 11.3. The van der Waals surface area contributed by atoms with E-state index in [2.05, 4.69) is 76.2 Å². The molecule has 0 fully saturated rings. The molecular formula is C41H61NO4Si. The van der Waals surface area contributed by atoms with Crippen molar-refractivity contribution in [3.05, 3.63) is 96.6 Å². The maximum Gasteiger partial charge on any atom is 0.338 e. The first-order valence-electron chi connectivity index (χ1n) is 18.2. The van der Waals surface area contributed by atoms with Crippen molar-refractivity contribution in [3.8, 4) is 0 Å². The van der Waals surface area contributed by atoms with Gasteiger partial charge in [-0.1, -0.05) is 184 Å². The zero-order chi connectivity index (χ0) is 34.0. The molecule has 0 aliphatic heterocycles.